The Morgan fingerprint density at radius 1 is 1.36 bits per heavy atom. The summed E-state index contributed by atoms with van der Waals surface area (Å²) in [5.41, 5.74) is 13.2. The summed E-state index contributed by atoms with van der Waals surface area (Å²) in [4.78, 5) is 13.8. The van der Waals surface area contributed by atoms with Gasteiger partial charge < -0.3 is 16.8 Å². The first-order chi connectivity index (χ1) is 11.7. The molecule has 0 saturated carbocycles. The number of nitrogens with two attached hydrogens (primary N) is 2. The van der Waals surface area contributed by atoms with E-state index < -0.39 is 12.7 Å². The minimum Gasteiger partial charge on any atom is -0.386 e. The van der Waals surface area contributed by atoms with Crippen LogP contribution in [0.5, 0.6) is 0 Å². The van der Waals surface area contributed by atoms with Crippen LogP contribution in [-0.4, -0.2) is 40.2 Å². The summed E-state index contributed by atoms with van der Waals surface area (Å²) in [5, 5.41) is 10.3. The van der Waals surface area contributed by atoms with Crippen LogP contribution in [0, 0.1) is 0 Å². The number of carbonyl (C=O) groups excluding carboxylic acids is 1. The van der Waals surface area contributed by atoms with Gasteiger partial charge in [0.05, 0.1) is 0 Å². The van der Waals surface area contributed by atoms with Crippen LogP contribution in [0.3, 0.4) is 0 Å². The molecule has 0 aliphatic carbocycles. The van der Waals surface area contributed by atoms with Crippen LogP contribution in [0.2, 0.25) is 0 Å². The summed E-state index contributed by atoms with van der Waals surface area (Å²) in [5.74, 6) is -0.0241. The monoisotopic (exact) mass is 362 g/mol. The average molecular weight is 362 g/mol. The molecule has 1 amide bonds. The number of amides is 1. The van der Waals surface area contributed by atoms with Crippen molar-refractivity contribution in [1.29, 1.82) is 0 Å². The van der Waals surface area contributed by atoms with Crippen molar-refractivity contribution in [2.75, 3.05) is 11.9 Å². The zero-order chi connectivity index (χ0) is 18.9. The molecule has 6 N–H and O–H groups in total. The number of nitrogens with zero attached hydrogens (tertiary/aromatic N) is 4. The second kappa shape index (κ2) is 9.49. The topological polar surface area (TPSA) is 136 Å². The summed E-state index contributed by atoms with van der Waals surface area (Å²) in [6.07, 6.45) is -0.754. The number of halogens is 3. The van der Waals surface area contributed by atoms with Gasteiger partial charge in [-0.2, -0.15) is 23.4 Å². The fourth-order valence-corrected chi connectivity index (χ4v) is 1.68. The van der Waals surface area contributed by atoms with Gasteiger partial charge in [-0.05, 0) is 12.8 Å². The van der Waals surface area contributed by atoms with E-state index in [9.17, 15) is 18.0 Å². The Morgan fingerprint density at radius 2 is 2.08 bits per heavy atom. The maximum Gasteiger partial charge on any atom is 0.408 e. The van der Waals surface area contributed by atoms with Gasteiger partial charge in [-0.25, -0.2) is 10.4 Å². The van der Waals surface area contributed by atoms with Crippen LogP contribution in [-0.2, 0) is 11.3 Å². The molecule has 1 rings (SSSR count). The van der Waals surface area contributed by atoms with Crippen molar-refractivity contribution in [2.45, 2.75) is 38.9 Å². The highest BCUT2D eigenvalue weighted by molar-refractivity contribution is 5.91. The summed E-state index contributed by atoms with van der Waals surface area (Å²) >= 11 is 0. The third-order valence-electron chi connectivity index (χ3n) is 2.75. The van der Waals surface area contributed by atoms with Crippen molar-refractivity contribution in [3.63, 3.8) is 0 Å². The largest absolute Gasteiger partial charge is 0.408 e. The molecular weight excluding hydrogens is 341 g/mol. The normalized spacial score (nSPS) is 13.0. The van der Waals surface area contributed by atoms with Crippen LogP contribution < -0.4 is 22.2 Å². The van der Waals surface area contributed by atoms with Crippen molar-refractivity contribution in [1.82, 2.24) is 15.2 Å². The molecule has 12 heteroatoms. The lowest BCUT2D eigenvalue weighted by molar-refractivity contribution is -0.119. The van der Waals surface area contributed by atoms with Gasteiger partial charge >= 0.3 is 6.18 Å². The molecule has 9 nitrogen and oxygen atoms in total. The number of aryl methyl sites for hydroxylation is 1. The Labute approximate surface area is 142 Å². The van der Waals surface area contributed by atoms with Gasteiger partial charge in [0.2, 0.25) is 5.91 Å². The first-order valence-electron chi connectivity index (χ1n) is 7.41. The van der Waals surface area contributed by atoms with Gasteiger partial charge in [0.25, 0.3) is 0 Å². The van der Waals surface area contributed by atoms with Gasteiger partial charge in [-0.3, -0.25) is 9.48 Å². The standard InChI is InChI=1S/C13H21F3N8O/c1-9(25)21-22-10(17)4-2-3-6-24-7-5-11(23-24)20-12(18)19-8-13(14,15)16/h5,7H,2-4,6,8H2,1H3,(H2,17,22)(H,21,25)(H3,18,19,20,23). The number of carbonyl (C=O) groups is 1. The Bertz CT molecular complexity index is 623. The second-order valence-electron chi connectivity index (χ2n) is 5.13. The highest BCUT2D eigenvalue weighted by Crippen LogP contribution is 2.14. The molecule has 140 valence electrons. The maximum absolute atomic E-state index is 12.0. The fourth-order valence-electron chi connectivity index (χ4n) is 1.68. The van der Waals surface area contributed by atoms with Gasteiger partial charge in [0.15, 0.2) is 11.8 Å². The molecule has 0 unspecified atom stereocenters. The molecule has 25 heavy (non-hydrogen) atoms. The molecular formula is C13H21F3N8O. The number of hydrogen-bond acceptors (Lipinski definition) is 4. The number of alkyl halides is 3. The Kier molecular flexibility index (Phi) is 7.69. The number of hydrazone groups is 1. The third-order valence-corrected chi connectivity index (χ3v) is 2.75. The lowest BCUT2D eigenvalue weighted by atomic mass is 10.2. The quantitative estimate of drug-likeness (QED) is 0.234. The molecule has 1 aromatic rings. The Morgan fingerprint density at radius 3 is 2.72 bits per heavy atom. The summed E-state index contributed by atoms with van der Waals surface area (Å²) in [7, 11) is 0. The third kappa shape index (κ3) is 9.84. The van der Waals surface area contributed by atoms with E-state index in [-0.39, 0.29) is 11.9 Å². The van der Waals surface area contributed by atoms with Crippen molar-refractivity contribution < 1.29 is 18.0 Å². The van der Waals surface area contributed by atoms with E-state index in [1.54, 1.807) is 16.9 Å². The molecule has 0 aliphatic rings. The summed E-state index contributed by atoms with van der Waals surface area (Å²) < 4.78 is 37.7. The van der Waals surface area contributed by atoms with Gasteiger partial charge in [-0.15, -0.1) is 0 Å². The Balaban J connectivity index is 2.34. The molecule has 0 atom stereocenters. The SMILES string of the molecule is CC(=O)NN=C(N)CCCCn1ccc(NC(N)=NCC(F)(F)F)n1. The molecule has 0 fully saturated rings. The molecule has 0 spiro atoms. The molecule has 1 heterocycles. The predicted molar refractivity (Wildman–Crippen MR) is 87.7 cm³/mol. The zero-order valence-electron chi connectivity index (χ0n) is 13.7. The molecule has 1 aromatic heterocycles. The lowest BCUT2D eigenvalue weighted by Crippen LogP contribution is -2.25. The number of unbranched alkanes of at least 4 members (excludes halogenated alkanes) is 1. The van der Waals surface area contributed by atoms with E-state index in [0.29, 0.717) is 24.6 Å². The number of hydrogen-bond donors (Lipinski definition) is 4. The molecule has 0 saturated heterocycles. The average Bonchev–Trinajstić information content (AvgIpc) is 2.94. The van der Waals surface area contributed by atoms with E-state index in [4.69, 9.17) is 11.5 Å². The number of aliphatic imine (C=N–C) groups is 1. The van der Waals surface area contributed by atoms with E-state index >= 15 is 0 Å². The van der Waals surface area contributed by atoms with Gasteiger partial charge in [-0.1, -0.05) is 0 Å². The van der Waals surface area contributed by atoms with Crippen LogP contribution in [0.25, 0.3) is 0 Å². The van der Waals surface area contributed by atoms with Crippen molar-refractivity contribution in [3.8, 4) is 0 Å². The summed E-state index contributed by atoms with van der Waals surface area (Å²) in [6.45, 7) is 0.559. The number of amidine groups is 1. The highest BCUT2D eigenvalue weighted by Gasteiger charge is 2.26. The van der Waals surface area contributed by atoms with Crippen LogP contribution >= 0.6 is 0 Å². The minimum absolute atomic E-state index is 0.294. The fraction of sp³-hybridized carbons (Fsp3) is 0.538. The minimum atomic E-state index is -4.41. The van der Waals surface area contributed by atoms with Gasteiger partial charge in [0, 0.05) is 32.2 Å². The van der Waals surface area contributed by atoms with E-state index in [2.05, 4.69) is 25.9 Å². The lowest BCUT2D eigenvalue weighted by Gasteiger charge is -2.05. The zero-order valence-corrected chi connectivity index (χ0v) is 13.7. The number of nitrogens with one attached hydrogen (secondary N) is 2. The van der Waals surface area contributed by atoms with Crippen LogP contribution in [0.1, 0.15) is 26.2 Å². The summed E-state index contributed by atoms with van der Waals surface area (Å²) in [6, 6.07) is 1.57. The number of guanidine groups is 1. The van der Waals surface area contributed by atoms with E-state index in [0.717, 1.165) is 12.8 Å². The first-order valence-corrected chi connectivity index (χ1v) is 7.41. The second-order valence-corrected chi connectivity index (χ2v) is 5.13. The number of aromatic nitrogens is 2. The first kappa shape index (κ1) is 20.3. The van der Waals surface area contributed by atoms with Crippen molar-refractivity contribution in [3.05, 3.63) is 12.3 Å². The molecule has 0 bridgehead atoms. The van der Waals surface area contributed by atoms with E-state index in [1.165, 1.54) is 6.92 Å². The predicted octanol–water partition coefficient (Wildman–Crippen LogP) is 0.751. The smallest absolute Gasteiger partial charge is 0.386 e. The molecule has 0 aromatic carbocycles. The Hall–Kier alpha value is -2.79. The molecule has 0 radical (unpaired) electrons. The van der Waals surface area contributed by atoms with Gasteiger partial charge in [0.1, 0.15) is 12.4 Å². The van der Waals surface area contributed by atoms with E-state index in [1.807, 2.05) is 0 Å². The molecule has 0 aliphatic heterocycles. The maximum atomic E-state index is 12.0. The van der Waals surface area contributed by atoms with Crippen molar-refractivity contribution in [2.24, 2.45) is 21.6 Å². The van der Waals surface area contributed by atoms with Crippen molar-refractivity contribution >= 4 is 23.5 Å². The van der Waals surface area contributed by atoms with Crippen LogP contribution in [0.15, 0.2) is 22.4 Å². The highest BCUT2D eigenvalue weighted by atomic mass is 19.4. The number of rotatable bonds is 8. The number of anilines is 1. The van der Waals surface area contributed by atoms with Crippen LogP contribution in [0.4, 0.5) is 19.0 Å².